The van der Waals surface area contributed by atoms with Gasteiger partial charge in [-0.1, -0.05) is 330 Å². The highest BCUT2D eigenvalue weighted by Gasteiger charge is 2.28. The number of phosphoric acid groups is 1. The van der Waals surface area contributed by atoms with Crippen LogP contribution in [0.3, 0.4) is 0 Å². The molecule has 1 amide bonds. The standard InChI is InChI=1S/C73H135N2O6P/c1-6-8-10-12-14-16-18-20-22-24-26-28-30-32-34-35-36-37-38-39-41-43-45-47-49-51-53-55-57-59-61-63-65-67-73(77)74-71(70-81-82(78,79)80-69-68-75(3,4)5)72(76)66-64-62-60-58-56-54-52-50-48-46-44-42-40-33-31-29-27-25-23-21-19-17-15-13-11-9-7-2/h8,10,14,16,20,22,26,28,32,34,36-37,39,41,71-72,76H,6-7,9,11-13,15,17-19,21,23-25,27,29-31,33,35,38,40,42-70H2,1-5H3,(H-,74,77,78,79)/p+1/b10-8-,16-14-,22-20-,28-26-,34-32-,37-36-,41-39-. The third kappa shape index (κ3) is 65.2. The van der Waals surface area contributed by atoms with E-state index in [0.717, 1.165) is 83.5 Å². The monoisotopic (exact) mass is 1170 g/mol. The fourth-order valence-electron chi connectivity index (χ4n) is 10.3. The van der Waals surface area contributed by atoms with Crippen molar-refractivity contribution < 1.29 is 32.9 Å². The SMILES string of the molecule is CC/C=C\C/C=C\C/C=C\C/C=C\C/C=C\C/C=C\C/C=C\CCCCCCCCCCCCCC(=O)NC(COP(=O)(O)OCC[N+](C)(C)C)C(O)CCCCCCCCCCCCCCCCCCCCCCCCCCCCC. The summed E-state index contributed by atoms with van der Waals surface area (Å²) in [6, 6.07) is -0.769. The summed E-state index contributed by atoms with van der Waals surface area (Å²) in [5.41, 5.74) is 0. The lowest BCUT2D eigenvalue weighted by atomic mass is 10.0. The number of phosphoric ester groups is 1. The summed E-state index contributed by atoms with van der Waals surface area (Å²) in [4.78, 5) is 23.5. The molecule has 0 spiro atoms. The van der Waals surface area contributed by atoms with Crippen LogP contribution in [0.1, 0.15) is 322 Å². The Bertz CT molecular complexity index is 1610. The number of carbonyl (C=O) groups is 1. The highest BCUT2D eigenvalue weighted by molar-refractivity contribution is 7.47. The second-order valence-corrected chi connectivity index (χ2v) is 26.3. The van der Waals surface area contributed by atoms with Gasteiger partial charge in [0.25, 0.3) is 0 Å². The summed E-state index contributed by atoms with van der Waals surface area (Å²) in [5, 5.41) is 14.2. The van der Waals surface area contributed by atoms with Crippen molar-refractivity contribution in [1.29, 1.82) is 0 Å². The summed E-state index contributed by atoms with van der Waals surface area (Å²) in [5.74, 6) is -0.146. The molecule has 0 heterocycles. The average Bonchev–Trinajstić information content (AvgIpc) is 3.47. The fraction of sp³-hybridized carbons (Fsp3) is 0.795. The van der Waals surface area contributed by atoms with Gasteiger partial charge in [-0.2, -0.15) is 0 Å². The van der Waals surface area contributed by atoms with Crippen molar-refractivity contribution in [3.63, 3.8) is 0 Å². The van der Waals surface area contributed by atoms with Gasteiger partial charge in [0.05, 0.1) is 39.9 Å². The van der Waals surface area contributed by atoms with Gasteiger partial charge in [0, 0.05) is 6.42 Å². The molecular weight excluding hydrogens is 1030 g/mol. The van der Waals surface area contributed by atoms with E-state index in [1.165, 1.54) is 212 Å². The molecule has 0 aliphatic heterocycles. The highest BCUT2D eigenvalue weighted by atomic mass is 31.2. The van der Waals surface area contributed by atoms with Crippen molar-refractivity contribution in [1.82, 2.24) is 5.32 Å². The van der Waals surface area contributed by atoms with Crippen molar-refractivity contribution in [3.8, 4) is 0 Å². The van der Waals surface area contributed by atoms with E-state index in [9.17, 15) is 19.4 Å². The molecule has 0 aliphatic carbocycles. The third-order valence-corrected chi connectivity index (χ3v) is 16.6. The Morgan fingerprint density at radius 1 is 0.427 bits per heavy atom. The number of amides is 1. The minimum Gasteiger partial charge on any atom is -0.391 e. The first-order chi connectivity index (χ1) is 40.0. The molecule has 0 rings (SSSR count). The first-order valence-corrected chi connectivity index (χ1v) is 36.4. The summed E-state index contributed by atoms with van der Waals surface area (Å²) in [6.07, 6.45) is 89.6. The Morgan fingerprint density at radius 3 is 1.07 bits per heavy atom. The van der Waals surface area contributed by atoms with Gasteiger partial charge in [-0.3, -0.25) is 13.8 Å². The number of quaternary nitrogens is 1. The number of allylic oxidation sites excluding steroid dienone is 14. The van der Waals surface area contributed by atoms with Gasteiger partial charge < -0.3 is 19.8 Å². The maximum atomic E-state index is 13.1. The van der Waals surface area contributed by atoms with Gasteiger partial charge in [-0.25, -0.2) is 4.57 Å². The van der Waals surface area contributed by atoms with Crippen molar-refractivity contribution in [2.24, 2.45) is 0 Å². The van der Waals surface area contributed by atoms with Crippen LogP contribution in [0.2, 0.25) is 0 Å². The van der Waals surface area contributed by atoms with Crippen LogP contribution in [-0.4, -0.2) is 73.4 Å². The van der Waals surface area contributed by atoms with Crippen molar-refractivity contribution in [2.75, 3.05) is 40.9 Å². The maximum absolute atomic E-state index is 13.1. The number of carbonyl (C=O) groups excluding carboxylic acids is 1. The van der Waals surface area contributed by atoms with E-state index < -0.39 is 20.0 Å². The molecule has 3 unspecified atom stereocenters. The van der Waals surface area contributed by atoms with Crippen molar-refractivity contribution in [3.05, 3.63) is 85.1 Å². The molecule has 0 saturated heterocycles. The first kappa shape index (κ1) is 79.7. The van der Waals surface area contributed by atoms with Gasteiger partial charge in [0.15, 0.2) is 0 Å². The number of likely N-dealkylation sites (N-methyl/N-ethyl adjacent to an activating group) is 1. The number of nitrogens with zero attached hydrogens (tertiary/aromatic N) is 1. The second kappa shape index (κ2) is 63.2. The molecule has 0 bridgehead atoms. The number of nitrogens with one attached hydrogen (secondary N) is 1. The first-order valence-electron chi connectivity index (χ1n) is 35.0. The van der Waals surface area contributed by atoms with Crippen LogP contribution >= 0.6 is 7.82 Å². The molecule has 0 fully saturated rings. The summed E-state index contributed by atoms with van der Waals surface area (Å²) in [7, 11) is 1.62. The topological polar surface area (TPSA) is 105 Å². The summed E-state index contributed by atoms with van der Waals surface area (Å²) in [6.45, 7) is 4.81. The minimum atomic E-state index is -4.34. The molecule has 0 radical (unpaired) electrons. The number of unbranched alkanes of at least 4 members (excludes halogenated alkanes) is 37. The highest BCUT2D eigenvalue weighted by Crippen LogP contribution is 2.43. The van der Waals surface area contributed by atoms with Crippen LogP contribution in [0.5, 0.6) is 0 Å². The molecule has 8 nitrogen and oxygen atoms in total. The van der Waals surface area contributed by atoms with Crippen LogP contribution in [-0.2, 0) is 18.4 Å². The van der Waals surface area contributed by atoms with Crippen LogP contribution in [0.4, 0.5) is 0 Å². The quantitative estimate of drug-likeness (QED) is 0.0243. The maximum Gasteiger partial charge on any atom is 0.472 e. The molecule has 0 aromatic heterocycles. The number of rotatable bonds is 64. The predicted octanol–water partition coefficient (Wildman–Crippen LogP) is 22.3. The zero-order valence-corrected chi connectivity index (χ0v) is 55.6. The van der Waals surface area contributed by atoms with Crippen LogP contribution in [0.25, 0.3) is 0 Å². The number of hydrogen-bond acceptors (Lipinski definition) is 5. The molecule has 0 aromatic carbocycles. The Hall–Kier alpha value is -2.32. The van der Waals surface area contributed by atoms with E-state index in [1.807, 2.05) is 21.1 Å². The Kier molecular flexibility index (Phi) is 61.4. The van der Waals surface area contributed by atoms with Gasteiger partial charge in [0.1, 0.15) is 13.2 Å². The molecule has 0 aromatic rings. The Labute approximate surface area is 509 Å². The predicted molar refractivity (Wildman–Crippen MR) is 360 cm³/mol. The second-order valence-electron chi connectivity index (χ2n) is 24.9. The number of aliphatic hydroxyl groups is 1. The minimum absolute atomic E-state index is 0.0716. The van der Waals surface area contributed by atoms with Crippen molar-refractivity contribution in [2.45, 2.75) is 334 Å². The number of aliphatic hydroxyl groups excluding tert-OH is 1. The lowest BCUT2D eigenvalue weighted by Gasteiger charge is -2.26. The molecule has 3 atom stereocenters. The van der Waals surface area contributed by atoms with E-state index in [-0.39, 0.29) is 19.1 Å². The normalized spacial score (nSPS) is 14.2. The summed E-state index contributed by atoms with van der Waals surface area (Å²) >= 11 is 0. The average molecular weight is 1170 g/mol. The van der Waals surface area contributed by atoms with E-state index in [1.54, 1.807) is 0 Å². The Morgan fingerprint density at radius 2 is 0.732 bits per heavy atom. The smallest absolute Gasteiger partial charge is 0.391 e. The van der Waals surface area contributed by atoms with E-state index in [2.05, 4.69) is 104 Å². The molecule has 3 N–H and O–H groups in total. The third-order valence-electron chi connectivity index (χ3n) is 15.7. The zero-order valence-electron chi connectivity index (χ0n) is 54.7. The lowest BCUT2D eigenvalue weighted by molar-refractivity contribution is -0.870. The van der Waals surface area contributed by atoms with E-state index in [0.29, 0.717) is 23.9 Å². The zero-order chi connectivity index (χ0) is 59.8. The van der Waals surface area contributed by atoms with Gasteiger partial charge in [-0.05, 0) is 70.6 Å². The van der Waals surface area contributed by atoms with Gasteiger partial charge >= 0.3 is 7.82 Å². The molecule has 0 aliphatic rings. The molecule has 9 heteroatoms. The molecule has 82 heavy (non-hydrogen) atoms. The molecule has 0 saturated carbocycles. The fourth-order valence-corrected chi connectivity index (χ4v) is 11.0. The van der Waals surface area contributed by atoms with E-state index >= 15 is 0 Å². The lowest BCUT2D eigenvalue weighted by Crippen LogP contribution is -2.46. The van der Waals surface area contributed by atoms with Crippen LogP contribution in [0, 0.1) is 0 Å². The Balaban J connectivity index is 4.07. The number of hydrogen-bond donors (Lipinski definition) is 3. The van der Waals surface area contributed by atoms with Crippen LogP contribution in [0.15, 0.2) is 85.1 Å². The molecular formula is C73H136N2O6P+. The summed E-state index contributed by atoms with van der Waals surface area (Å²) < 4.78 is 23.9. The van der Waals surface area contributed by atoms with Crippen molar-refractivity contribution >= 4 is 13.7 Å². The van der Waals surface area contributed by atoms with Gasteiger partial charge in [0.2, 0.25) is 5.91 Å². The largest absolute Gasteiger partial charge is 0.472 e. The van der Waals surface area contributed by atoms with Crippen LogP contribution < -0.4 is 5.32 Å². The molecule has 478 valence electrons. The van der Waals surface area contributed by atoms with E-state index in [4.69, 9.17) is 9.05 Å². The van der Waals surface area contributed by atoms with Gasteiger partial charge in [-0.15, -0.1) is 0 Å².